The molecule has 0 N–H and O–H groups in total. The van der Waals surface area contributed by atoms with Gasteiger partial charge in [-0.2, -0.15) is 0 Å². The predicted molar refractivity (Wildman–Crippen MR) is 68.7 cm³/mol. The van der Waals surface area contributed by atoms with Crippen LogP contribution >= 0.6 is 11.6 Å². The minimum atomic E-state index is 0.523. The molecular formula is C14H21Cl. The van der Waals surface area contributed by atoms with E-state index in [0.29, 0.717) is 5.92 Å². The molecule has 1 rings (SSSR count). The normalized spacial score (nSPS) is 13.1. The molecule has 84 valence electrons. The maximum Gasteiger partial charge on any atom is 0.0292 e. The van der Waals surface area contributed by atoms with Gasteiger partial charge in [0.2, 0.25) is 0 Å². The van der Waals surface area contributed by atoms with Crippen LogP contribution in [0.2, 0.25) is 0 Å². The monoisotopic (exact) mass is 224 g/mol. The Bertz CT molecular complexity index is 291. The zero-order valence-electron chi connectivity index (χ0n) is 9.96. The molecule has 15 heavy (non-hydrogen) atoms. The molecule has 0 aliphatic rings. The standard InChI is InChI=1S/C14H21Cl/c1-11(2)8-9-13(10-15)14-7-5-4-6-12(14)3/h4-7,11,13H,8-10H2,1-3H3. The Kier molecular flexibility index (Phi) is 5.17. The molecule has 0 saturated heterocycles. The lowest BCUT2D eigenvalue weighted by molar-refractivity contribution is 0.518. The first-order valence-corrected chi connectivity index (χ1v) is 6.30. The highest BCUT2D eigenvalue weighted by atomic mass is 35.5. The topological polar surface area (TPSA) is 0 Å². The average Bonchev–Trinajstić information content (AvgIpc) is 2.21. The lowest BCUT2D eigenvalue weighted by Gasteiger charge is -2.17. The van der Waals surface area contributed by atoms with Crippen LogP contribution in [0.25, 0.3) is 0 Å². The number of rotatable bonds is 5. The van der Waals surface area contributed by atoms with Crippen LogP contribution in [0.5, 0.6) is 0 Å². The van der Waals surface area contributed by atoms with E-state index < -0.39 is 0 Å². The van der Waals surface area contributed by atoms with Crippen molar-refractivity contribution in [3.63, 3.8) is 0 Å². The van der Waals surface area contributed by atoms with Gasteiger partial charge in [0.1, 0.15) is 0 Å². The van der Waals surface area contributed by atoms with E-state index in [2.05, 4.69) is 45.0 Å². The van der Waals surface area contributed by atoms with E-state index in [1.807, 2.05) is 0 Å². The van der Waals surface area contributed by atoms with Crippen LogP contribution in [0.1, 0.15) is 43.7 Å². The third kappa shape index (κ3) is 3.87. The van der Waals surface area contributed by atoms with Gasteiger partial charge in [0, 0.05) is 5.88 Å². The van der Waals surface area contributed by atoms with E-state index in [-0.39, 0.29) is 0 Å². The van der Waals surface area contributed by atoms with E-state index in [9.17, 15) is 0 Å². The van der Waals surface area contributed by atoms with Crippen molar-refractivity contribution in [3.05, 3.63) is 35.4 Å². The van der Waals surface area contributed by atoms with Gasteiger partial charge in [0.15, 0.2) is 0 Å². The molecule has 0 aliphatic carbocycles. The minimum Gasteiger partial charge on any atom is -0.126 e. The van der Waals surface area contributed by atoms with Gasteiger partial charge in [-0.1, -0.05) is 44.5 Å². The second-order valence-corrected chi connectivity index (χ2v) is 4.99. The number of hydrogen-bond donors (Lipinski definition) is 0. The molecular weight excluding hydrogens is 204 g/mol. The molecule has 0 radical (unpaired) electrons. The lowest BCUT2D eigenvalue weighted by atomic mass is 9.90. The SMILES string of the molecule is Cc1ccccc1C(CCl)CCC(C)C. The van der Waals surface area contributed by atoms with Crippen molar-refractivity contribution in [3.8, 4) is 0 Å². The van der Waals surface area contributed by atoms with Gasteiger partial charge in [0.25, 0.3) is 0 Å². The summed E-state index contributed by atoms with van der Waals surface area (Å²) in [5.41, 5.74) is 2.79. The maximum absolute atomic E-state index is 6.06. The summed E-state index contributed by atoms with van der Waals surface area (Å²) in [5.74, 6) is 2.02. The van der Waals surface area contributed by atoms with E-state index in [1.54, 1.807) is 0 Å². The fourth-order valence-electron chi connectivity index (χ4n) is 1.90. The number of hydrogen-bond acceptors (Lipinski definition) is 0. The number of aryl methyl sites for hydroxylation is 1. The third-order valence-electron chi connectivity index (χ3n) is 2.91. The largest absolute Gasteiger partial charge is 0.126 e. The lowest BCUT2D eigenvalue weighted by Crippen LogP contribution is -2.04. The van der Waals surface area contributed by atoms with Crippen LogP contribution in [0.4, 0.5) is 0 Å². The van der Waals surface area contributed by atoms with Crippen molar-refractivity contribution in [1.29, 1.82) is 0 Å². The highest BCUT2D eigenvalue weighted by Crippen LogP contribution is 2.27. The molecule has 1 heteroatoms. The average molecular weight is 225 g/mol. The summed E-state index contributed by atoms with van der Waals surface area (Å²) < 4.78 is 0. The van der Waals surface area contributed by atoms with Crippen molar-refractivity contribution < 1.29 is 0 Å². The Hall–Kier alpha value is -0.490. The number of alkyl halides is 1. The van der Waals surface area contributed by atoms with Crippen LogP contribution in [0.3, 0.4) is 0 Å². The predicted octanol–water partition coefficient (Wildman–Crippen LogP) is 4.75. The maximum atomic E-state index is 6.06. The zero-order valence-corrected chi connectivity index (χ0v) is 10.7. The van der Waals surface area contributed by atoms with Crippen molar-refractivity contribution in [2.24, 2.45) is 5.92 Å². The second-order valence-electron chi connectivity index (χ2n) is 4.68. The molecule has 1 aromatic carbocycles. The van der Waals surface area contributed by atoms with Gasteiger partial charge in [-0.25, -0.2) is 0 Å². The molecule has 1 unspecified atom stereocenters. The molecule has 0 fully saturated rings. The van der Waals surface area contributed by atoms with Gasteiger partial charge in [-0.15, -0.1) is 11.6 Å². The number of halogens is 1. The minimum absolute atomic E-state index is 0.523. The first kappa shape index (κ1) is 12.6. The summed E-state index contributed by atoms with van der Waals surface area (Å²) in [6.45, 7) is 6.70. The Balaban J connectivity index is 2.70. The Morgan fingerprint density at radius 2 is 1.80 bits per heavy atom. The molecule has 0 nitrogen and oxygen atoms in total. The first-order valence-electron chi connectivity index (χ1n) is 5.76. The van der Waals surface area contributed by atoms with Gasteiger partial charge in [0.05, 0.1) is 0 Å². The Morgan fingerprint density at radius 1 is 1.13 bits per heavy atom. The summed E-state index contributed by atoms with van der Waals surface area (Å²) in [6.07, 6.45) is 2.46. The first-order chi connectivity index (χ1) is 7.15. The molecule has 0 aliphatic heterocycles. The molecule has 0 spiro atoms. The van der Waals surface area contributed by atoms with Crippen molar-refractivity contribution >= 4 is 11.6 Å². The summed E-state index contributed by atoms with van der Waals surface area (Å²) >= 11 is 6.06. The molecule has 0 aromatic heterocycles. The van der Waals surface area contributed by atoms with Gasteiger partial charge < -0.3 is 0 Å². The Morgan fingerprint density at radius 3 is 2.33 bits per heavy atom. The van der Waals surface area contributed by atoms with Crippen molar-refractivity contribution in [2.75, 3.05) is 5.88 Å². The van der Waals surface area contributed by atoms with E-state index >= 15 is 0 Å². The summed E-state index contributed by atoms with van der Waals surface area (Å²) in [6, 6.07) is 8.58. The van der Waals surface area contributed by atoms with E-state index in [4.69, 9.17) is 11.6 Å². The highest BCUT2D eigenvalue weighted by molar-refractivity contribution is 6.18. The summed E-state index contributed by atoms with van der Waals surface area (Å²) in [7, 11) is 0. The van der Waals surface area contributed by atoms with Crippen LogP contribution < -0.4 is 0 Å². The molecule has 0 saturated carbocycles. The zero-order chi connectivity index (χ0) is 11.3. The van der Waals surface area contributed by atoms with Gasteiger partial charge >= 0.3 is 0 Å². The molecule has 1 atom stereocenters. The molecule has 0 amide bonds. The second kappa shape index (κ2) is 6.17. The molecule has 1 aromatic rings. The van der Waals surface area contributed by atoms with E-state index in [0.717, 1.165) is 11.8 Å². The van der Waals surface area contributed by atoms with Gasteiger partial charge in [-0.05, 0) is 36.3 Å². The smallest absolute Gasteiger partial charge is 0.0292 e. The van der Waals surface area contributed by atoms with Crippen LogP contribution in [0.15, 0.2) is 24.3 Å². The van der Waals surface area contributed by atoms with Crippen molar-refractivity contribution in [1.82, 2.24) is 0 Å². The van der Waals surface area contributed by atoms with Crippen LogP contribution in [-0.2, 0) is 0 Å². The quantitative estimate of drug-likeness (QED) is 0.633. The van der Waals surface area contributed by atoms with Crippen LogP contribution in [-0.4, -0.2) is 5.88 Å². The highest BCUT2D eigenvalue weighted by Gasteiger charge is 2.12. The van der Waals surface area contributed by atoms with Gasteiger partial charge in [-0.3, -0.25) is 0 Å². The summed E-state index contributed by atoms with van der Waals surface area (Å²) in [5, 5.41) is 0. The molecule has 0 heterocycles. The van der Waals surface area contributed by atoms with Crippen LogP contribution in [0, 0.1) is 12.8 Å². The van der Waals surface area contributed by atoms with E-state index in [1.165, 1.54) is 24.0 Å². The fraction of sp³-hybridized carbons (Fsp3) is 0.571. The number of benzene rings is 1. The Labute approximate surface area is 98.7 Å². The fourth-order valence-corrected chi connectivity index (χ4v) is 2.22. The van der Waals surface area contributed by atoms with Crippen molar-refractivity contribution in [2.45, 2.75) is 39.5 Å². The molecule has 0 bridgehead atoms. The summed E-state index contributed by atoms with van der Waals surface area (Å²) in [4.78, 5) is 0. The third-order valence-corrected chi connectivity index (χ3v) is 3.28.